The quantitative estimate of drug-likeness (QED) is 0.247. The summed E-state index contributed by atoms with van der Waals surface area (Å²) in [7, 11) is 6.83. The van der Waals surface area contributed by atoms with E-state index in [9.17, 15) is 9.90 Å². The van der Waals surface area contributed by atoms with Crippen molar-refractivity contribution in [3.05, 3.63) is 0 Å². The van der Waals surface area contributed by atoms with E-state index in [0.29, 0.717) is 74.8 Å². The van der Waals surface area contributed by atoms with Gasteiger partial charge in [-0.15, -0.1) is 0 Å². The minimum atomic E-state index is -0.510. The molecule has 0 aromatic rings. The minimum absolute atomic E-state index is 0.0405. The minimum Gasteiger partial charge on any atom is -0.393 e. The fourth-order valence-electron chi connectivity index (χ4n) is 7.92. The van der Waals surface area contributed by atoms with E-state index < -0.39 is 18.3 Å². The summed E-state index contributed by atoms with van der Waals surface area (Å²) >= 11 is 0. The average Bonchev–Trinajstić information content (AvgIpc) is 2.99. The molecule has 5 unspecified atom stereocenters. The number of aliphatic hydroxyl groups excluding tert-OH is 6. The number of aliphatic hydroxyl groups is 6. The molecule has 5 aliphatic carbocycles. The fourth-order valence-corrected chi connectivity index (χ4v) is 7.92. The van der Waals surface area contributed by atoms with E-state index >= 15 is 0 Å². The smallest absolute Gasteiger partial charge is 0.135 e. The van der Waals surface area contributed by atoms with E-state index in [-0.39, 0.29) is 30.5 Å². The van der Waals surface area contributed by atoms with Gasteiger partial charge in [0.15, 0.2) is 0 Å². The molecule has 0 saturated heterocycles. The van der Waals surface area contributed by atoms with Gasteiger partial charge in [-0.05, 0) is 107 Å². The lowest BCUT2D eigenvalue weighted by molar-refractivity contribution is -0.125. The Morgan fingerprint density at radius 2 is 0.653 bits per heavy atom. The van der Waals surface area contributed by atoms with Crippen molar-refractivity contribution in [2.75, 3.05) is 28.4 Å². The maximum Gasteiger partial charge on any atom is 0.135 e. The predicted molar refractivity (Wildman–Crippen MR) is 190 cm³/mol. The third-order valence-corrected chi connectivity index (χ3v) is 10.3. The molecule has 9 atom stereocenters. The van der Waals surface area contributed by atoms with Gasteiger partial charge < -0.3 is 49.6 Å². The summed E-state index contributed by atoms with van der Waals surface area (Å²) in [6.45, 7) is 8.90. The van der Waals surface area contributed by atoms with Crippen molar-refractivity contribution < 1.29 is 54.4 Å². The average molecular weight is 707 g/mol. The first kappa shape index (κ1) is 46.3. The van der Waals surface area contributed by atoms with Crippen LogP contribution in [0.15, 0.2) is 0 Å². The lowest BCUT2D eigenvalue weighted by Gasteiger charge is -2.30. The Labute approximate surface area is 297 Å². The van der Waals surface area contributed by atoms with Crippen LogP contribution in [0.5, 0.6) is 0 Å². The van der Waals surface area contributed by atoms with Crippen molar-refractivity contribution in [3.8, 4) is 0 Å². The normalized spacial score (nSPS) is 40.8. The van der Waals surface area contributed by atoms with Crippen LogP contribution in [0.1, 0.15) is 124 Å². The third kappa shape index (κ3) is 21.4. The molecule has 5 saturated carbocycles. The molecule has 5 aliphatic rings. The topological polar surface area (TPSA) is 175 Å². The molecule has 11 heteroatoms. The first-order valence-electron chi connectivity index (χ1n) is 18.8. The van der Waals surface area contributed by atoms with Gasteiger partial charge in [-0.25, -0.2) is 0 Å². The lowest BCUT2D eigenvalue weighted by Crippen LogP contribution is -2.33. The number of rotatable bonds is 4. The van der Waals surface area contributed by atoms with Gasteiger partial charge in [0.25, 0.3) is 0 Å². The maximum absolute atomic E-state index is 11.0. The SMILES string of the molecule is COC1CC(=O)C[C@@H](C)C1.COC1CC(O)CC(O)C1.COC1CC(O)C[C@@H](C)C1.COC1C[C@H](C)C[C@@H](C)C1.OC1CC(O)CC(O)C1. The molecule has 292 valence electrons. The molecule has 0 aromatic heterocycles. The van der Waals surface area contributed by atoms with E-state index in [4.69, 9.17) is 44.5 Å². The molecule has 0 aliphatic heterocycles. The summed E-state index contributed by atoms with van der Waals surface area (Å²) < 4.78 is 20.6. The van der Waals surface area contributed by atoms with Crippen LogP contribution in [-0.2, 0) is 23.7 Å². The second-order valence-corrected chi connectivity index (χ2v) is 15.8. The number of methoxy groups -OCH3 is 4. The molecule has 5 fully saturated rings. The van der Waals surface area contributed by atoms with Crippen molar-refractivity contribution in [3.63, 3.8) is 0 Å². The van der Waals surface area contributed by atoms with Gasteiger partial charge >= 0.3 is 0 Å². The molecular formula is C38H74O11. The first-order valence-corrected chi connectivity index (χ1v) is 18.8. The Hall–Kier alpha value is -0.730. The Morgan fingerprint density at radius 3 is 1.00 bits per heavy atom. The number of ether oxygens (including phenoxy) is 4. The molecule has 0 heterocycles. The Balaban J connectivity index is 0.000000306. The number of hydrogen-bond donors (Lipinski definition) is 6. The standard InChI is InChI=1S/C9H18O.C8H16O2.C8H14O2.C7H14O3.C6H12O3/c1-7-4-8(2)6-9(5-7)10-3;2*1-6-3-7(9)5-8(4-6)10-2;1-10-7-3-5(8)2-6(9)4-7;7-4-1-5(8)3-6(9)2-4/h7-9H,4-6H2,1-3H3;6-9H,3-5H2,1-2H3;6,8H,3-5H2,1-2H3;5-9H,2-4H2,1H3;4-9H,1-3H2/t7-,8-;6-,7?,8?;6-,8?;;/m111../s1. The van der Waals surface area contributed by atoms with Crippen LogP contribution in [0.3, 0.4) is 0 Å². The summed E-state index contributed by atoms with van der Waals surface area (Å²) in [5.41, 5.74) is 0. The van der Waals surface area contributed by atoms with Gasteiger partial charge in [-0.1, -0.05) is 27.7 Å². The van der Waals surface area contributed by atoms with Crippen LogP contribution in [-0.4, -0.2) is 126 Å². The van der Waals surface area contributed by atoms with Gasteiger partial charge in [0.1, 0.15) is 5.78 Å². The molecule has 0 radical (unpaired) electrons. The van der Waals surface area contributed by atoms with Crippen molar-refractivity contribution in [2.24, 2.45) is 23.7 Å². The Bertz CT molecular complexity index is 730. The highest BCUT2D eigenvalue weighted by atomic mass is 16.5. The fraction of sp³-hybridized carbons (Fsp3) is 0.974. The van der Waals surface area contributed by atoms with Crippen LogP contribution in [0.4, 0.5) is 0 Å². The van der Waals surface area contributed by atoms with Crippen molar-refractivity contribution in [1.82, 2.24) is 0 Å². The zero-order valence-corrected chi connectivity index (χ0v) is 31.9. The number of hydrogen-bond acceptors (Lipinski definition) is 11. The second kappa shape index (κ2) is 25.3. The molecule has 0 amide bonds. The molecule has 49 heavy (non-hydrogen) atoms. The Kier molecular flexibility index (Phi) is 23.9. The van der Waals surface area contributed by atoms with Gasteiger partial charge in [0.05, 0.1) is 61.0 Å². The Morgan fingerprint density at radius 1 is 0.367 bits per heavy atom. The summed E-state index contributed by atoms with van der Waals surface area (Å²) in [5.74, 6) is 3.23. The molecule has 6 N–H and O–H groups in total. The number of carbonyl (C=O) groups is 1. The number of carbonyl (C=O) groups excluding carboxylic acids is 1. The summed E-state index contributed by atoms with van der Waals surface area (Å²) in [6, 6.07) is 0. The highest BCUT2D eigenvalue weighted by Gasteiger charge is 2.27. The highest BCUT2D eigenvalue weighted by molar-refractivity contribution is 5.79. The largest absolute Gasteiger partial charge is 0.393 e. The molecule has 0 aromatic carbocycles. The zero-order chi connectivity index (χ0) is 37.1. The van der Waals surface area contributed by atoms with Gasteiger partial charge in [0.2, 0.25) is 0 Å². The third-order valence-electron chi connectivity index (χ3n) is 10.3. The van der Waals surface area contributed by atoms with Crippen LogP contribution < -0.4 is 0 Å². The second-order valence-electron chi connectivity index (χ2n) is 15.8. The lowest BCUT2D eigenvalue weighted by atomic mass is 9.82. The van der Waals surface area contributed by atoms with Crippen molar-refractivity contribution in [1.29, 1.82) is 0 Å². The zero-order valence-electron chi connectivity index (χ0n) is 31.9. The first-order chi connectivity index (χ1) is 23.1. The molecule has 0 spiro atoms. The van der Waals surface area contributed by atoms with E-state index in [1.165, 1.54) is 19.3 Å². The summed E-state index contributed by atoms with van der Waals surface area (Å²) in [4.78, 5) is 11.0. The number of ketones is 1. The van der Waals surface area contributed by atoms with Gasteiger partial charge in [-0.3, -0.25) is 4.79 Å². The maximum atomic E-state index is 11.0. The molecule has 0 bridgehead atoms. The predicted octanol–water partition coefficient (Wildman–Crippen LogP) is 4.19. The van der Waals surface area contributed by atoms with Gasteiger partial charge in [-0.2, -0.15) is 0 Å². The van der Waals surface area contributed by atoms with Crippen LogP contribution in [0.2, 0.25) is 0 Å². The van der Waals surface area contributed by atoms with E-state index in [0.717, 1.165) is 43.9 Å². The van der Waals surface area contributed by atoms with Crippen LogP contribution in [0, 0.1) is 23.7 Å². The highest BCUT2D eigenvalue weighted by Crippen LogP contribution is 2.30. The summed E-state index contributed by atoms with van der Waals surface area (Å²) in [5, 5.41) is 54.4. The molecule has 5 rings (SSSR count). The van der Waals surface area contributed by atoms with Gasteiger partial charge in [0, 0.05) is 41.3 Å². The summed E-state index contributed by atoms with van der Waals surface area (Å²) in [6.07, 6.45) is 10.9. The van der Waals surface area contributed by atoms with Crippen LogP contribution >= 0.6 is 0 Å². The molecular weight excluding hydrogens is 632 g/mol. The van der Waals surface area contributed by atoms with Crippen molar-refractivity contribution in [2.45, 2.75) is 185 Å². The molecule has 11 nitrogen and oxygen atoms in total. The van der Waals surface area contributed by atoms with E-state index in [2.05, 4.69) is 27.7 Å². The van der Waals surface area contributed by atoms with E-state index in [1.54, 1.807) is 21.3 Å². The van der Waals surface area contributed by atoms with Crippen molar-refractivity contribution >= 4 is 5.78 Å². The van der Waals surface area contributed by atoms with Crippen LogP contribution in [0.25, 0.3) is 0 Å². The number of Topliss-reactive ketones (excluding diaryl/α,β-unsaturated/α-hetero) is 1. The monoisotopic (exact) mass is 707 g/mol. The van der Waals surface area contributed by atoms with E-state index in [1.807, 2.05) is 7.11 Å².